The Morgan fingerprint density at radius 1 is 1.59 bits per heavy atom. The topological polar surface area (TPSA) is 66.0 Å². The molecule has 1 aromatic rings. The van der Waals surface area contributed by atoms with Gasteiger partial charge in [-0.25, -0.2) is 0 Å². The highest BCUT2D eigenvalue weighted by Crippen LogP contribution is 2.25. The van der Waals surface area contributed by atoms with Crippen molar-refractivity contribution in [1.29, 1.82) is 5.41 Å². The summed E-state index contributed by atoms with van der Waals surface area (Å²) in [5.41, 5.74) is 6.35. The number of halogens is 1. The quantitative estimate of drug-likeness (QED) is 0.606. The van der Waals surface area contributed by atoms with E-state index in [0.29, 0.717) is 23.9 Å². The molecule has 1 rings (SSSR count). The molecule has 0 unspecified atom stereocenters. The maximum Gasteiger partial charge on any atom is 0.0923 e. The molecule has 0 aliphatic rings. The smallest absolute Gasteiger partial charge is 0.0923 e. The summed E-state index contributed by atoms with van der Waals surface area (Å²) in [5, 5.41) is 7.93. The van der Waals surface area contributed by atoms with Gasteiger partial charge in [0.25, 0.3) is 0 Å². The van der Waals surface area contributed by atoms with E-state index in [1.807, 2.05) is 6.07 Å². The maximum absolute atomic E-state index is 7.29. The second-order valence-corrected chi connectivity index (χ2v) is 4.85. The summed E-state index contributed by atoms with van der Waals surface area (Å²) >= 11 is 6.13. The molecule has 0 saturated heterocycles. The Morgan fingerprint density at radius 2 is 2.29 bits per heavy atom. The fraction of sp³-hybridized carbons (Fsp3) is 0.500. The number of amidine groups is 1. The molecular weight excluding hydrogens is 236 g/mol. The van der Waals surface area contributed by atoms with Gasteiger partial charge in [-0.1, -0.05) is 25.4 Å². The number of anilines is 1. The van der Waals surface area contributed by atoms with Crippen LogP contribution in [0.5, 0.6) is 0 Å². The predicted molar refractivity (Wildman–Crippen MR) is 72.8 cm³/mol. The van der Waals surface area contributed by atoms with Gasteiger partial charge in [-0.3, -0.25) is 10.4 Å². The largest absolute Gasteiger partial charge is 0.388 e. The summed E-state index contributed by atoms with van der Waals surface area (Å²) in [5.74, 6) is 0.718. The molecule has 0 aliphatic heterocycles. The van der Waals surface area contributed by atoms with Gasteiger partial charge in [0.15, 0.2) is 0 Å². The second-order valence-electron chi connectivity index (χ2n) is 4.44. The molecule has 4 nitrogen and oxygen atoms in total. The molecule has 3 N–H and O–H groups in total. The number of nitrogens with two attached hydrogens (primary N) is 1. The summed E-state index contributed by atoms with van der Waals surface area (Å²) in [6, 6.07) is 1.89. The van der Waals surface area contributed by atoms with Gasteiger partial charge in [0, 0.05) is 31.9 Å². The lowest BCUT2D eigenvalue weighted by molar-refractivity contribution is 0.613. The van der Waals surface area contributed by atoms with Crippen LogP contribution in [0.4, 0.5) is 5.69 Å². The van der Waals surface area contributed by atoms with Crippen LogP contribution in [0.2, 0.25) is 5.02 Å². The Labute approximate surface area is 107 Å². The summed E-state index contributed by atoms with van der Waals surface area (Å²) in [4.78, 5) is 6.13. The number of hydrogen-bond donors (Lipinski definition) is 2. The minimum atomic E-state index is 0.198. The second kappa shape index (κ2) is 6.45. The normalized spacial score (nSPS) is 10.6. The van der Waals surface area contributed by atoms with Gasteiger partial charge < -0.3 is 10.6 Å². The Kier molecular flexibility index (Phi) is 5.22. The minimum Gasteiger partial charge on any atom is -0.388 e. The van der Waals surface area contributed by atoms with Gasteiger partial charge in [-0.05, 0) is 12.0 Å². The Balaban J connectivity index is 2.82. The standard InChI is InChI=1S/C12H19ClN4/c1-9(2)8-17(6-4-12(14)15)11-3-5-16-7-10(11)13/h3,5,7,9H,4,6,8H2,1-2H3,(H3,14,15). The lowest BCUT2D eigenvalue weighted by Crippen LogP contribution is -2.31. The number of aromatic nitrogens is 1. The number of nitrogens with one attached hydrogen (secondary N) is 1. The third kappa shape index (κ3) is 4.61. The average Bonchev–Trinajstić information content (AvgIpc) is 2.24. The molecule has 94 valence electrons. The third-order valence-corrected chi connectivity index (χ3v) is 2.62. The van der Waals surface area contributed by atoms with Crippen LogP contribution in [0.25, 0.3) is 0 Å². The molecule has 0 spiro atoms. The molecule has 0 aliphatic carbocycles. The third-order valence-electron chi connectivity index (χ3n) is 2.33. The van der Waals surface area contributed by atoms with Crippen LogP contribution >= 0.6 is 11.6 Å². The Bertz CT molecular complexity index is 379. The van der Waals surface area contributed by atoms with E-state index >= 15 is 0 Å². The van der Waals surface area contributed by atoms with Crippen molar-refractivity contribution in [2.75, 3.05) is 18.0 Å². The van der Waals surface area contributed by atoms with Crippen molar-refractivity contribution in [2.24, 2.45) is 11.7 Å². The Morgan fingerprint density at radius 3 is 2.82 bits per heavy atom. The van der Waals surface area contributed by atoms with Crippen molar-refractivity contribution < 1.29 is 0 Å². The van der Waals surface area contributed by atoms with Crippen molar-refractivity contribution in [3.63, 3.8) is 0 Å². The first kappa shape index (κ1) is 13.8. The van der Waals surface area contributed by atoms with Gasteiger partial charge in [0.05, 0.1) is 16.5 Å². The van der Waals surface area contributed by atoms with E-state index in [9.17, 15) is 0 Å². The van der Waals surface area contributed by atoms with E-state index in [2.05, 4.69) is 23.7 Å². The average molecular weight is 255 g/mol. The molecule has 17 heavy (non-hydrogen) atoms. The first-order chi connectivity index (χ1) is 8.00. The monoisotopic (exact) mass is 254 g/mol. The molecule has 0 saturated carbocycles. The van der Waals surface area contributed by atoms with Gasteiger partial charge in [-0.2, -0.15) is 0 Å². The van der Waals surface area contributed by atoms with Crippen molar-refractivity contribution >= 4 is 23.1 Å². The lowest BCUT2D eigenvalue weighted by atomic mass is 10.2. The number of rotatable bonds is 6. The summed E-state index contributed by atoms with van der Waals surface area (Å²) in [6.45, 7) is 5.89. The van der Waals surface area contributed by atoms with Crippen LogP contribution in [-0.2, 0) is 0 Å². The highest BCUT2D eigenvalue weighted by Gasteiger charge is 2.12. The molecule has 0 fully saturated rings. The van der Waals surface area contributed by atoms with E-state index < -0.39 is 0 Å². The molecule has 1 heterocycles. The number of hydrogen-bond acceptors (Lipinski definition) is 3. The van der Waals surface area contributed by atoms with Crippen molar-refractivity contribution in [3.8, 4) is 0 Å². The summed E-state index contributed by atoms with van der Waals surface area (Å²) < 4.78 is 0. The lowest BCUT2D eigenvalue weighted by Gasteiger charge is -2.27. The van der Waals surface area contributed by atoms with Crippen molar-refractivity contribution in [1.82, 2.24) is 4.98 Å². The van der Waals surface area contributed by atoms with Gasteiger partial charge in [0.1, 0.15) is 0 Å². The molecule has 1 aromatic heterocycles. The van der Waals surface area contributed by atoms with Crippen LogP contribution in [-0.4, -0.2) is 23.9 Å². The van der Waals surface area contributed by atoms with E-state index in [1.165, 1.54) is 0 Å². The van der Waals surface area contributed by atoms with Gasteiger partial charge in [-0.15, -0.1) is 0 Å². The number of nitrogens with zero attached hydrogens (tertiary/aromatic N) is 2. The zero-order valence-corrected chi connectivity index (χ0v) is 11.0. The minimum absolute atomic E-state index is 0.198. The highest BCUT2D eigenvalue weighted by atomic mass is 35.5. The Hall–Kier alpha value is -1.29. The molecule has 0 amide bonds. The van der Waals surface area contributed by atoms with E-state index in [0.717, 1.165) is 12.2 Å². The van der Waals surface area contributed by atoms with Crippen LogP contribution in [0.1, 0.15) is 20.3 Å². The van der Waals surface area contributed by atoms with Crippen LogP contribution in [0.3, 0.4) is 0 Å². The van der Waals surface area contributed by atoms with Gasteiger partial charge in [0.2, 0.25) is 0 Å². The summed E-state index contributed by atoms with van der Waals surface area (Å²) in [6.07, 6.45) is 3.91. The maximum atomic E-state index is 7.29. The van der Waals surface area contributed by atoms with Crippen molar-refractivity contribution in [3.05, 3.63) is 23.5 Å². The first-order valence-electron chi connectivity index (χ1n) is 5.68. The molecule has 0 aromatic carbocycles. The zero-order valence-electron chi connectivity index (χ0n) is 10.3. The van der Waals surface area contributed by atoms with Gasteiger partial charge >= 0.3 is 0 Å². The van der Waals surface area contributed by atoms with Crippen molar-refractivity contribution in [2.45, 2.75) is 20.3 Å². The van der Waals surface area contributed by atoms with Crippen LogP contribution < -0.4 is 10.6 Å². The van der Waals surface area contributed by atoms with E-state index in [4.69, 9.17) is 22.7 Å². The fourth-order valence-corrected chi connectivity index (χ4v) is 1.87. The predicted octanol–water partition coefficient (Wildman–Crippen LogP) is 2.52. The first-order valence-corrected chi connectivity index (χ1v) is 6.06. The van der Waals surface area contributed by atoms with Crippen LogP contribution in [0.15, 0.2) is 18.5 Å². The van der Waals surface area contributed by atoms with E-state index in [1.54, 1.807) is 12.4 Å². The SMILES string of the molecule is CC(C)CN(CCC(=N)N)c1ccncc1Cl. The fourth-order valence-electron chi connectivity index (χ4n) is 1.63. The zero-order chi connectivity index (χ0) is 12.8. The van der Waals surface area contributed by atoms with E-state index in [-0.39, 0.29) is 5.84 Å². The van der Waals surface area contributed by atoms with Crippen LogP contribution in [0, 0.1) is 11.3 Å². The molecule has 5 heteroatoms. The summed E-state index contributed by atoms with van der Waals surface area (Å²) in [7, 11) is 0. The molecular formula is C12H19ClN4. The molecule has 0 bridgehead atoms. The molecule has 0 radical (unpaired) electrons. The molecule has 0 atom stereocenters. The highest BCUT2D eigenvalue weighted by molar-refractivity contribution is 6.33. The number of pyridine rings is 1.